The predicted octanol–water partition coefficient (Wildman–Crippen LogP) is 3.06. The molecular weight excluding hydrogens is 299 g/mol. The van der Waals surface area contributed by atoms with E-state index in [4.69, 9.17) is 33.7 Å². The lowest BCUT2D eigenvalue weighted by Crippen LogP contribution is -2.28. The van der Waals surface area contributed by atoms with Gasteiger partial charge in [0.05, 0.1) is 11.6 Å². The van der Waals surface area contributed by atoms with Crippen LogP contribution < -0.4 is 15.8 Å². The van der Waals surface area contributed by atoms with E-state index in [0.29, 0.717) is 23.1 Å². The van der Waals surface area contributed by atoms with E-state index in [1.54, 1.807) is 6.07 Å². The molecular formula is C14H18Cl2N2O2. The highest BCUT2D eigenvalue weighted by Crippen LogP contribution is 2.39. The van der Waals surface area contributed by atoms with E-state index in [-0.39, 0.29) is 11.9 Å². The summed E-state index contributed by atoms with van der Waals surface area (Å²) in [5, 5.41) is 4.62. The molecule has 0 saturated carbocycles. The molecule has 0 aromatic heterocycles. The van der Waals surface area contributed by atoms with E-state index in [0.717, 1.165) is 37.1 Å². The summed E-state index contributed by atoms with van der Waals surface area (Å²) in [6, 6.07) is 3.77. The maximum atomic E-state index is 10.7. The van der Waals surface area contributed by atoms with Gasteiger partial charge in [-0.25, -0.2) is 0 Å². The van der Waals surface area contributed by atoms with E-state index < -0.39 is 0 Å². The molecule has 2 rings (SSSR count). The summed E-state index contributed by atoms with van der Waals surface area (Å²) in [5.74, 6) is 0.469. The highest BCUT2D eigenvalue weighted by molar-refractivity contribution is 6.35. The van der Waals surface area contributed by atoms with E-state index in [9.17, 15) is 4.79 Å². The Hall–Kier alpha value is -0.970. The Kier molecular flexibility index (Phi) is 5.52. The number of nitrogens with one attached hydrogen (secondary N) is 1. The van der Waals surface area contributed by atoms with Crippen LogP contribution in [0.25, 0.3) is 0 Å². The van der Waals surface area contributed by atoms with E-state index in [1.165, 1.54) is 0 Å². The molecule has 110 valence electrons. The third kappa shape index (κ3) is 4.01. The summed E-state index contributed by atoms with van der Waals surface area (Å²) in [5.41, 5.74) is 6.11. The highest BCUT2D eigenvalue weighted by Gasteiger charge is 2.23. The van der Waals surface area contributed by atoms with Gasteiger partial charge in [0.1, 0.15) is 5.75 Å². The molecule has 20 heavy (non-hydrogen) atoms. The van der Waals surface area contributed by atoms with Crippen LogP contribution in [-0.2, 0) is 4.79 Å². The Morgan fingerprint density at radius 1 is 1.40 bits per heavy atom. The molecule has 6 heteroatoms. The molecule has 1 aromatic rings. The first-order valence-corrected chi connectivity index (χ1v) is 7.47. The summed E-state index contributed by atoms with van der Waals surface area (Å²) >= 11 is 12.2. The van der Waals surface area contributed by atoms with Gasteiger partial charge < -0.3 is 15.8 Å². The second-order valence-electron chi connectivity index (χ2n) is 4.87. The number of carbonyl (C=O) groups excluding carboxylic acids is 1. The molecule has 1 atom stereocenters. The number of carbonyl (C=O) groups is 1. The Morgan fingerprint density at radius 2 is 2.20 bits per heavy atom. The first-order valence-electron chi connectivity index (χ1n) is 6.71. The van der Waals surface area contributed by atoms with Crippen LogP contribution in [0.3, 0.4) is 0 Å². The summed E-state index contributed by atoms with van der Waals surface area (Å²) in [7, 11) is 0. The van der Waals surface area contributed by atoms with Crippen molar-refractivity contribution in [3.05, 3.63) is 27.7 Å². The van der Waals surface area contributed by atoms with E-state index in [2.05, 4.69) is 5.32 Å². The Balaban J connectivity index is 1.93. The maximum Gasteiger partial charge on any atom is 0.217 e. The van der Waals surface area contributed by atoms with Crippen LogP contribution in [0.4, 0.5) is 0 Å². The number of primary amides is 1. The maximum absolute atomic E-state index is 10.7. The zero-order valence-corrected chi connectivity index (χ0v) is 12.6. The summed E-state index contributed by atoms with van der Waals surface area (Å²) in [6.07, 6.45) is 3.02. The molecule has 0 spiro atoms. The quantitative estimate of drug-likeness (QED) is 0.793. The number of nitrogens with two attached hydrogens (primary N) is 1. The van der Waals surface area contributed by atoms with Crippen LogP contribution in [0.5, 0.6) is 5.75 Å². The van der Waals surface area contributed by atoms with E-state index in [1.807, 2.05) is 6.07 Å². The number of hydrogen-bond donors (Lipinski definition) is 2. The largest absolute Gasteiger partial charge is 0.492 e. The third-order valence-corrected chi connectivity index (χ3v) is 3.81. The summed E-state index contributed by atoms with van der Waals surface area (Å²) in [4.78, 5) is 10.7. The third-order valence-electron chi connectivity index (χ3n) is 3.31. The molecule has 0 radical (unpaired) electrons. The van der Waals surface area contributed by atoms with Gasteiger partial charge in [-0.1, -0.05) is 23.2 Å². The number of hydrogen-bond acceptors (Lipinski definition) is 3. The fraction of sp³-hybridized carbons (Fsp3) is 0.500. The van der Waals surface area contributed by atoms with Crippen molar-refractivity contribution in [1.82, 2.24) is 5.32 Å². The minimum atomic E-state index is -0.250. The molecule has 1 unspecified atom stereocenters. The first kappa shape index (κ1) is 15.4. The minimum absolute atomic E-state index is 0.184. The van der Waals surface area contributed by atoms with Gasteiger partial charge in [0, 0.05) is 29.5 Å². The second-order valence-corrected chi connectivity index (χ2v) is 5.72. The number of unbranched alkanes of at least 4 members (excludes halogenated alkanes) is 1. The van der Waals surface area contributed by atoms with Crippen molar-refractivity contribution in [2.45, 2.75) is 31.7 Å². The van der Waals surface area contributed by atoms with Crippen molar-refractivity contribution >= 4 is 29.1 Å². The van der Waals surface area contributed by atoms with Crippen LogP contribution in [0, 0.1) is 0 Å². The molecule has 4 nitrogen and oxygen atoms in total. The van der Waals surface area contributed by atoms with Crippen molar-refractivity contribution in [2.75, 3.05) is 13.2 Å². The molecule has 3 N–H and O–H groups in total. The monoisotopic (exact) mass is 316 g/mol. The molecule has 1 aliphatic heterocycles. The second kappa shape index (κ2) is 7.16. The topological polar surface area (TPSA) is 64.4 Å². The lowest BCUT2D eigenvalue weighted by Gasteiger charge is -2.27. The van der Waals surface area contributed by atoms with Gasteiger partial charge in [0.2, 0.25) is 5.91 Å². The van der Waals surface area contributed by atoms with Gasteiger partial charge in [-0.3, -0.25) is 4.79 Å². The predicted molar refractivity (Wildman–Crippen MR) is 80.4 cm³/mol. The molecule has 1 amide bonds. The van der Waals surface area contributed by atoms with Gasteiger partial charge in [-0.2, -0.15) is 0 Å². The molecule has 0 aliphatic carbocycles. The molecule has 1 heterocycles. The van der Waals surface area contributed by atoms with Crippen LogP contribution in [0.2, 0.25) is 10.0 Å². The number of benzene rings is 1. The smallest absolute Gasteiger partial charge is 0.217 e. The number of halogens is 2. The van der Waals surface area contributed by atoms with Crippen LogP contribution in [0.1, 0.15) is 37.3 Å². The SMILES string of the molecule is NC(=O)CCCCNC1CCOc2c(Cl)cc(Cl)cc21. The molecule has 0 saturated heterocycles. The van der Waals surface area contributed by atoms with Gasteiger partial charge in [0.25, 0.3) is 0 Å². The molecule has 1 aliphatic rings. The fourth-order valence-corrected chi connectivity index (χ4v) is 2.90. The van der Waals surface area contributed by atoms with Crippen LogP contribution in [0.15, 0.2) is 12.1 Å². The summed E-state index contributed by atoms with van der Waals surface area (Å²) in [6.45, 7) is 1.45. The molecule has 0 fully saturated rings. The Bertz CT molecular complexity index is 494. The molecule has 0 bridgehead atoms. The lowest BCUT2D eigenvalue weighted by molar-refractivity contribution is -0.118. The van der Waals surface area contributed by atoms with Crippen LogP contribution in [-0.4, -0.2) is 19.1 Å². The van der Waals surface area contributed by atoms with Crippen molar-refractivity contribution in [1.29, 1.82) is 0 Å². The van der Waals surface area contributed by atoms with Crippen molar-refractivity contribution in [2.24, 2.45) is 5.73 Å². The van der Waals surface area contributed by atoms with E-state index >= 15 is 0 Å². The van der Waals surface area contributed by atoms with Crippen molar-refractivity contribution in [3.8, 4) is 5.75 Å². The minimum Gasteiger partial charge on any atom is -0.492 e. The number of rotatable bonds is 6. The highest BCUT2D eigenvalue weighted by atomic mass is 35.5. The van der Waals surface area contributed by atoms with Gasteiger partial charge in [-0.05, 0) is 31.5 Å². The Morgan fingerprint density at radius 3 is 2.95 bits per heavy atom. The first-order chi connectivity index (χ1) is 9.58. The van der Waals surface area contributed by atoms with Crippen LogP contribution >= 0.6 is 23.2 Å². The zero-order chi connectivity index (χ0) is 14.5. The van der Waals surface area contributed by atoms with Crippen molar-refractivity contribution in [3.63, 3.8) is 0 Å². The normalized spacial score (nSPS) is 17.4. The fourth-order valence-electron chi connectivity index (χ4n) is 2.34. The summed E-state index contributed by atoms with van der Waals surface area (Å²) < 4.78 is 5.61. The lowest BCUT2D eigenvalue weighted by atomic mass is 10.0. The van der Waals surface area contributed by atoms with Gasteiger partial charge in [0.15, 0.2) is 0 Å². The number of amides is 1. The zero-order valence-electron chi connectivity index (χ0n) is 11.1. The van der Waals surface area contributed by atoms with Gasteiger partial charge in [-0.15, -0.1) is 0 Å². The average molecular weight is 317 g/mol. The van der Waals surface area contributed by atoms with Crippen molar-refractivity contribution < 1.29 is 9.53 Å². The average Bonchev–Trinajstić information content (AvgIpc) is 2.38. The molecule has 1 aromatic carbocycles. The number of fused-ring (bicyclic) bond motifs is 1. The number of ether oxygens (including phenoxy) is 1. The standard InChI is InChI=1S/C14H18Cl2N2O2/c15-9-7-10-12(18-5-2-1-3-13(17)19)4-6-20-14(10)11(16)8-9/h7-8,12,18H,1-6H2,(H2,17,19). The van der Waals surface area contributed by atoms with Gasteiger partial charge >= 0.3 is 0 Å². The Labute approximate surface area is 128 Å².